The van der Waals surface area contributed by atoms with Crippen molar-refractivity contribution in [2.24, 2.45) is 0 Å². The summed E-state index contributed by atoms with van der Waals surface area (Å²) in [6.07, 6.45) is 8.42. The Bertz CT molecular complexity index is 226. The van der Waals surface area contributed by atoms with Crippen molar-refractivity contribution in [3.63, 3.8) is 0 Å². The van der Waals surface area contributed by atoms with Crippen LogP contribution in [0.15, 0.2) is 0 Å². The van der Waals surface area contributed by atoms with Gasteiger partial charge in [-0.25, -0.2) is 0 Å². The number of esters is 1. The number of rotatable bonds is 12. The molecule has 0 unspecified atom stereocenters. The quantitative estimate of drug-likeness (QED) is 0.429. The normalized spacial score (nSPS) is 10.3. The summed E-state index contributed by atoms with van der Waals surface area (Å²) in [5, 5.41) is 8.45. The van der Waals surface area contributed by atoms with Gasteiger partial charge in [-0.05, 0) is 19.3 Å². The van der Waals surface area contributed by atoms with E-state index in [-0.39, 0.29) is 12.4 Å². The van der Waals surface area contributed by atoms with Crippen LogP contribution in [0.3, 0.4) is 0 Å². The molecule has 106 valence electrons. The Hall–Kier alpha value is -1.06. The first-order chi connectivity index (χ1) is 8.66. The minimum absolute atomic E-state index is 0.100. The molecule has 0 saturated carbocycles. The molecule has 0 aromatic heterocycles. The maximum absolute atomic E-state index is 11.3. The molecular weight excluding hydrogens is 232 g/mol. The highest BCUT2D eigenvalue weighted by atomic mass is 16.5. The fourth-order valence-electron chi connectivity index (χ4n) is 1.69. The van der Waals surface area contributed by atoms with Crippen molar-refractivity contribution in [2.45, 2.75) is 71.1 Å². The third-order valence-electron chi connectivity index (χ3n) is 2.78. The molecule has 4 nitrogen and oxygen atoms in total. The molecule has 1 N–H and O–H groups in total. The van der Waals surface area contributed by atoms with Gasteiger partial charge in [0.2, 0.25) is 0 Å². The van der Waals surface area contributed by atoms with Crippen molar-refractivity contribution in [3.8, 4) is 0 Å². The van der Waals surface area contributed by atoms with Crippen molar-refractivity contribution < 1.29 is 19.4 Å². The van der Waals surface area contributed by atoms with Gasteiger partial charge in [-0.1, -0.05) is 39.0 Å². The smallest absolute Gasteiger partial charge is 0.305 e. The lowest BCUT2D eigenvalue weighted by Gasteiger charge is -2.04. The van der Waals surface area contributed by atoms with Crippen LogP contribution in [0.5, 0.6) is 0 Å². The van der Waals surface area contributed by atoms with E-state index in [1.165, 1.54) is 0 Å². The van der Waals surface area contributed by atoms with Gasteiger partial charge >= 0.3 is 11.9 Å². The van der Waals surface area contributed by atoms with E-state index in [0.29, 0.717) is 13.0 Å². The van der Waals surface area contributed by atoms with E-state index in [1.807, 2.05) is 0 Å². The molecule has 0 bridgehead atoms. The van der Waals surface area contributed by atoms with Crippen LogP contribution >= 0.6 is 0 Å². The molecule has 0 heterocycles. The Balaban J connectivity index is 3.17. The summed E-state index contributed by atoms with van der Waals surface area (Å²) in [6.45, 7) is 2.66. The predicted molar refractivity (Wildman–Crippen MR) is 70.4 cm³/mol. The summed E-state index contributed by atoms with van der Waals surface area (Å²) >= 11 is 0. The Morgan fingerprint density at radius 2 is 1.50 bits per heavy atom. The lowest BCUT2D eigenvalue weighted by molar-refractivity contribution is -0.144. The van der Waals surface area contributed by atoms with E-state index < -0.39 is 5.97 Å². The summed E-state index contributed by atoms with van der Waals surface area (Å²) in [6, 6.07) is 0. The second-order valence-corrected chi connectivity index (χ2v) is 4.59. The second-order valence-electron chi connectivity index (χ2n) is 4.59. The van der Waals surface area contributed by atoms with Crippen molar-refractivity contribution in [1.29, 1.82) is 0 Å². The molecule has 0 aliphatic carbocycles. The average Bonchev–Trinajstić information content (AvgIpc) is 2.33. The molecule has 0 fully saturated rings. The molecule has 4 heteroatoms. The average molecular weight is 258 g/mol. The van der Waals surface area contributed by atoms with Crippen LogP contribution in [0.25, 0.3) is 0 Å². The molecule has 0 saturated heterocycles. The largest absolute Gasteiger partial charge is 0.481 e. The molecule has 0 aromatic rings. The summed E-state index contributed by atoms with van der Waals surface area (Å²) in [4.78, 5) is 21.5. The topological polar surface area (TPSA) is 63.6 Å². The fraction of sp³-hybridized carbons (Fsp3) is 0.857. The summed E-state index contributed by atoms with van der Waals surface area (Å²) in [5.41, 5.74) is 0. The maximum Gasteiger partial charge on any atom is 0.305 e. The SMILES string of the molecule is CCCCCOC(=O)CCCCCCCC(=O)O. The molecule has 0 radical (unpaired) electrons. The van der Waals surface area contributed by atoms with Crippen molar-refractivity contribution in [2.75, 3.05) is 6.61 Å². The minimum atomic E-state index is -0.731. The van der Waals surface area contributed by atoms with Crippen LogP contribution < -0.4 is 0 Å². The first kappa shape index (κ1) is 16.9. The molecule has 0 aliphatic heterocycles. The molecule has 0 spiro atoms. The summed E-state index contributed by atoms with van der Waals surface area (Å²) in [7, 11) is 0. The third kappa shape index (κ3) is 13.0. The molecule has 0 atom stereocenters. The highest BCUT2D eigenvalue weighted by Gasteiger charge is 2.02. The lowest BCUT2D eigenvalue weighted by Crippen LogP contribution is -2.05. The molecule has 0 rings (SSSR count). The summed E-state index contributed by atoms with van der Waals surface area (Å²) in [5.74, 6) is -0.831. The van der Waals surface area contributed by atoms with Gasteiger partial charge in [0.25, 0.3) is 0 Å². The first-order valence-corrected chi connectivity index (χ1v) is 7.04. The number of hydrogen-bond donors (Lipinski definition) is 1. The fourth-order valence-corrected chi connectivity index (χ4v) is 1.69. The van der Waals surface area contributed by atoms with Gasteiger partial charge < -0.3 is 9.84 Å². The number of carboxylic acid groups (broad SMARTS) is 1. The summed E-state index contributed by atoms with van der Waals surface area (Å²) < 4.78 is 5.09. The van der Waals surface area contributed by atoms with Crippen LogP contribution in [-0.2, 0) is 14.3 Å². The molecule has 0 amide bonds. The van der Waals surface area contributed by atoms with Crippen LogP contribution in [0.2, 0.25) is 0 Å². The number of carboxylic acids is 1. The van der Waals surface area contributed by atoms with Crippen molar-refractivity contribution in [1.82, 2.24) is 0 Å². The van der Waals surface area contributed by atoms with E-state index in [1.54, 1.807) is 0 Å². The molecule has 0 aliphatic rings. The Morgan fingerprint density at radius 1 is 0.889 bits per heavy atom. The number of carbonyl (C=O) groups excluding carboxylic acids is 1. The number of hydrogen-bond acceptors (Lipinski definition) is 3. The lowest BCUT2D eigenvalue weighted by atomic mass is 10.1. The van der Waals surface area contributed by atoms with Crippen LogP contribution in [0.1, 0.15) is 71.1 Å². The van der Waals surface area contributed by atoms with Gasteiger partial charge in [0, 0.05) is 12.8 Å². The zero-order valence-corrected chi connectivity index (χ0v) is 11.5. The third-order valence-corrected chi connectivity index (χ3v) is 2.78. The monoisotopic (exact) mass is 258 g/mol. The number of aliphatic carboxylic acids is 1. The van der Waals surface area contributed by atoms with Gasteiger partial charge in [0.15, 0.2) is 0 Å². The Morgan fingerprint density at radius 3 is 2.11 bits per heavy atom. The van der Waals surface area contributed by atoms with E-state index in [4.69, 9.17) is 9.84 Å². The highest BCUT2D eigenvalue weighted by molar-refractivity contribution is 5.69. The van der Waals surface area contributed by atoms with E-state index >= 15 is 0 Å². The minimum Gasteiger partial charge on any atom is -0.481 e. The Labute approximate surface area is 110 Å². The zero-order chi connectivity index (χ0) is 13.6. The van der Waals surface area contributed by atoms with Gasteiger partial charge in [0.05, 0.1) is 6.61 Å². The Kier molecular flexibility index (Phi) is 11.7. The van der Waals surface area contributed by atoms with Crippen molar-refractivity contribution in [3.05, 3.63) is 0 Å². The van der Waals surface area contributed by atoms with Crippen LogP contribution in [0, 0.1) is 0 Å². The zero-order valence-electron chi connectivity index (χ0n) is 11.5. The molecular formula is C14H26O4. The number of ether oxygens (including phenoxy) is 1. The second kappa shape index (κ2) is 12.4. The van der Waals surface area contributed by atoms with Crippen LogP contribution in [0.4, 0.5) is 0 Å². The molecule has 18 heavy (non-hydrogen) atoms. The van der Waals surface area contributed by atoms with E-state index in [0.717, 1.165) is 51.4 Å². The van der Waals surface area contributed by atoms with Gasteiger partial charge in [-0.15, -0.1) is 0 Å². The highest BCUT2D eigenvalue weighted by Crippen LogP contribution is 2.08. The van der Waals surface area contributed by atoms with E-state index in [9.17, 15) is 9.59 Å². The number of unbranched alkanes of at least 4 members (excludes halogenated alkanes) is 6. The first-order valence-electron chi connectivity index (χ1n) is 7.04. The van der Waals surface area contributed by atoms with Gasteiger partial charge in [-0.3, -0.25) is 9.59 Å². The van der Waals surface area contributed by atoms with E-state index in [2.05, 4.69) is 6.92 Å². The van der Waals surface area contributed by atoms with Gasteiger partial charge in [-0.2, -0.15) is 0 Å². The van der Waals surface area contributed by atoms with Gasteiger partial charge in [0.1, 0.15) is 0 Å². The van der Waals surface area contributed by atoms with Crippen molar-refractivity contribution >= 4 is 11.9 Å². The van der Waals surface area contributed by atoms with Crippen LogP contribution in [-0.4, -0.2) is 23.7 Å². The standard InChI is InChI=1S/C14H26O4/c1-2-3-9-12-18-14(17)11-8-6-4-5-7-10-13(15)16/h2-12H2,1H3,(H,15,16). The molecule has 0 aromatic carbocycles. The number of carbonyl (C=O) groups is 2. The predicted octanol–water partition coefficient (Wildman–Crippen LogP) is 3.54. The maximum atomic E-state index is 11.3.